The Morgan fingerprint density at radius 2 is 2.25 bits per heavy atom. The molecular weight excluding hydrogens is 208 g/mol. The van der Waals surface area contributed by atoms with Crippen LogP contribution >= 0.6 is 0 Å². The van der Waals surface area contributed by atoms with Crippen LogP contribution in [0.4, 0.5) is 0 Å². The minimum atomic E-state index is -0.389. The fourth-order valence-corrected chi connectivity index (χ4v) is 1.64. The van der Waals surface area contributed by atoms with Crippen LogP contribution in [0.25, 0.3) is 0 Å². The summed E-state index contributed by atoms with van der Waals surface area (Å²) in [6.45, 7) is 3.06. The molecule has 0 radical (unpaired) electrons. The van der Waals surface area contributed by atoms with Crippen LogP contribution < -0.4 is 11.1 Å². The average molecular weight is 230 g/mol. The molecule has 1 fully saturated rings. The molecule has 1 aliphatic rings. The van der Waals surface area contributed by atoms with Crippen LogP contribution in [0.5, 0.6) is 0 Å². The minimum absolute atomic E-state index is 0.0587. The second kappa shape index (κ2) is 6.83. The maximum absolute atomic E-state index is 11.6. The zero-order chi connectivity index (χ0) is 12.0. The first kappa shape index (κ1) is 13.4. The van der Waals surface area contributed by atoms with Crippen molar-refractivity contribution in [2.24, 2.45) is 5.73 Å². The van der Waals surface area contributed by atoms with Crippen LogP contribution in [0.15, 0.2) is 0 Å². The van der Waals surface area contributed by atoms with Gasteiger partial charge in [-0.05, 0) is 26.2 Å². The Hall–Kier alpha value is -0.650. The molecule has 1 amide bonds. The van der Waals surface area contributed by atoms with Gasteiger partial charge in [-0.15, -0.1) is 0 Å². The van der Waals surface area contributed by atoms with E-state index in [-0.39, 0.29) is 24.2 Å². The number of methoxy groups -OCH3 is 1. The van der Waals surface area contributed by atoms with E-state index in [2.05, 4.69) is 5.32 Å². The number of carbonyl (C=O) groups excluding carboxylic acids is 1. The number of rotatable bonds is 7. The standard InChI is InChI=1S/C11H22N2O3/c1-8(16-10-6-9(12)7-10)11(14)13-4-3-5-15-2/h8-10H,3-7,12H2,1-2H3,(H,13,14). The predicted molar refractivity (Wildman–Crippen MR) is 61.0 cm³/mol. The lowest BCUT2D eigenvalue weighted by Gasteiger charge is -2.33. The molecule has 0 aromatic heterocycles. The van der Waals surface area contributed by atoms with Crippen molar-refractivity contribution in [3.63, 3.8) is 0 Å². The van der Waals surface area contributed by atoms with Gasteiger partial charge >= 0.3 is 0 Å². The SMILES string of the molecule is COCCCNC(=O)C(C)OC1CC(N)C1. The molecule has 94 valence electrons. The minimum Gasteiger partial charge on any atom is -0.385 e. The lowest BCUT2D eigenvalue weighted by molar-refractivity contribution is -0.139. The molecule has 1 aliphatic carbocycles. The summed E-state index contributed by atoms with van der Waals surface area (Å²) < 4.78 is 10.4. The zero-order valence-electron chi connectivity index (χ0n) is 10.1. The fraction of sp³-hybridized carbons (Fsp3) is 0.909. The summed E-state index contributed by atoms with van der Waals surface area (Å²) in [5.74, 6) is -0.0587. The molecule has 0 aliphatic heterocycles. The normalized spacial score (nSPS) is 25.9. The van der Waals surface area contributed by atoms with Crippen molar-refractivity contribution >= 4 is 5.91 Å². The van der Waals surface area contributed by atoms with Crippen molar-refractivity contribution in [1.29, 1.82) is 0 Å². The summed E-state index contributed by atoms with van der Waals surface area (Å²) in [7, 11) is 1.65. The van der Waals surface area contributed by atoms with Gasteiger partial charge in [-0.1, -0.05) is 0 Å². The number of ether oxygens (including phenoxy) is 2. The van der Waals surface area contributed by atoms with Crippen LogP contribution in [0, 0.1) is 0 Å². The quantitative estimate of drug-likeness (QED) is 0.605. The van der Waals surface area contributed by atoms with E-state index in [0.717, 1.165) is 19.3 Å². The van der Waals surface area contributed by atoms with Gasteiger partial charge in [-0.3, -0.25) is 4.79 Å². The van der Waals surface area contributed by atoms with E-state index in [1.165, 1.54) is 0 Å². The van der Waals surface area contributed by atoms with E-state index >= 15 is 0 Å². The Labute approximate surface area is 96.7 Å². The summed E-state index contributed by atoms with van der Waals surface area (Å²) in [5.41, 5.74) is 5.64. The smallest absolute Gasteiger partial charge is 0.248 e. The third kappa shape index (κ3) is 4.47. The second-order valence-electron chi connectivity index (χ2n) is 4.27. The Kier molecular flexibility index (Phi) is 5.73. The van der Waals surface area contributed by atoms with Crippen LogP contribution in [-0.4, -0.2) is 44.4 Å². The largest absolute Gasteiger partial charge is 0.385 e. The zero-order valence-corrected chi connectivity index (χ0v) is 10.1. The van der Waals surface area contributed by atoms with Crippen molar-refractivity contribution in [3.8, 4) is 0 Å². The second-order valence-corrected chi connectivity index (χ2v) is 4.27. The Morgan fingerprint density at radius 1 is 1.56 bits per heavy atom. The predicted octanol–water partition coefficient (Wildman–Crippen LogP) is 0.0339. The molecule has 0 aromatic carbocycles. The first-order valence-corrected chi connectivity index (χ1v) is 5.81. The Bertz CT molecular complexity index is 217. The maximum atomic E-state index is 11.6. The highest BCUT2D eigenvalue weighted by molar-refractivity contribution is 5.80. The van der Waals surface area contributed by atoms with Crippen LogP contribution in [0.2, 0.25) is 0 Å². The molecule has 0 bridgehead atoms. The van der Waals surface area contributed by atoms with Crippen molar-refractivity contribution < 1.29 is 14.3 Å². The molecule has 5 nitrogen and oxygen atoms in total. The Balaban J connectivity index is 2.06. The number of hydrogen-bond donors (Lipinski definition) is 2. The van der Waals surface area contributed by atoms with Crippen LogP contribution in [-0.2, 0) is 14.3 Å². The van der Waals surface area contributed by atoms with Crippen LogP contribution in [0.1, 0.15) is 26.2 Å². The highest BCUT2D eigenvalue weighted by Crippen LogP contribution is 2.22. The lowest BCUT2D eigenvalue weighted by Crippen LogP contribution is -2.46. The van der Waals surface area contributed by atoms with E-state index < -0.39 is 0 Å². The molecule has 0 heterocycles. The molecule has 3 N–H and O–H groups in total. The maximum Gasteiger partial charge on any atom is 0.248 e. The summed E-state index contributed by atoms with van der Waals surface area (Å²) >= 11 is 0. The molecule has 1 atom stereocenters. The number of carbonyl (C=O) groups is 1. The molecule has 1 unspecified atom stereocenters. The van der Waals surface area contributed by atoms with Gasteiger partial charge in [0.15, 0.2) is 0 Å². The summed E-state index contributed by atoms with van der Waals surface area (Å²) in [6, 6.07) is 0.252. The van der Waals surface area contributed by atoms with Gasteiger partial charge < -0.3 is 20.5 Å². The van der Waals surface area contributed by atoms with Crippen molar-refractivity contribution in [2.45, 2.75) is 44.4 Å². The highest BCUT2D eigenvalue weighted by atomic mass is 16.5. The van der Waals surface area contributed by atoms with Crippen molar-refractivity contribution in [1.82, 2.24) is 5.32 Å². The van der Waals surface area contributed by atoms with Crippen LogP contribution in [0.3, 0.4) is 0 Å². The first-order chi connectivity index (χ1) is 7.63. The fourth-order valence-electron chi connectivity index (χ4n) is 1.64. The van der Waals surface area contributed by atoms with Gasteiger partial charge in [-0.25, -0.2) is 0 Å². The van der Waals surface area contributed by atoms with Gasteiger partial charge in [0.05, 0.1) is 6.10 Å². The van der Waals surface area contributed by atoms with Gasteiger partial charge in [0.1, 0.15) is 6.10 Å². The molecule has 16 heavy (non-hydrogen) atoms. The molecule has 0 spiro atoms. The van der Waals surface area contributed by atoms with Crippen molar-refractivity contribution in [2.75, 3.05) is 20.3 Å². The van der Waals surface area contributed by atoms with E-state index in [4.69, 9.17) is 15.2 Å². The highest BCUT2D eigenvalue weighted by Gasteiger charge is 2.29. The molecular formula is C11H22N2O3. The molecule has 1 rings (SSSR count). The summed E-state index contributed by atoms with van der Waals surface area (Å²) in [5, 5.41) is 2.81. The third-order valence-electron chi connectivity index (χ3n) is 2.72. The first-order valence-electron chi connectivity index (χ1n) is 5.81. The van der Waals surface area contributed by atoms with Gasteiger partial charge in [0.2, 0.25) is 5.91 Å². The third-order valence-corrected chi connectivity index (χ3v) is 2.72. The summed E-state index contributed by atoms with van der Waals surface area (Å²) in [4.78, 5) is 11.6. The van der Waals surface area contributed by atoms with Crippen molar-refractivity contribution in [3.05, 3.63) is 0 Å². The average Bonchev–Trinajstić information content (AvgIpc) is 2.21. The summed E-state index contributed by atoms with van der Waals surface area (Å²) in [6.07, 6.45) is 2.32. The number of nitrogens with one attached hydrogen (secondary N) is 1. The van der Waals surface area contributed by atoms with Gasteiger partial charge in [0, 0.05) is 26.3 Å². The van der Waals surface area contributed by atoms with E-state index in [1.54, 1.807) is 14.0 Å². The van der Waals surface area contributed by atoms with Gasteiger partial charge in [-0.2, -0.15) is 0 Å². The van der Waals surface area contributed by atoms with E-state index in [0.29, 0.717) is 13.2 Å². The molecule has 0 saturated heterocycles. The number of amides is 1. The molecule has 5 heteroatoms. The van der Waals surface area contributed by atoms with Gasteiger partial charge in [0.25, 0.3) is 0 Å². The lowest BCUT2D eigenvalue weighted by atomic mass is 9.90. The number of hydrogen-bond acceptors (Lipinski definition) is 4. The monoisotopic (exact) mass is 230 g/mol. The van der Waals surface area contributed by atoms with E-state index in [1.807, 2.05) is 0 Å². The topological polar surface area (TPSA) is 73.6 Å². The number of nitrogens with two attached hydrogens (primary N) is 1. The molecule has 0 aromatic rings. The van der Waals surface area contributed by atoms with E-state index in [9.17, 15) is 4.79 Å². The molecule has 1 saturated carbocycles. The Morgan fingerprint density at radius 3 is 2.81 bits per heavy atom.